The van der Waals surface area contributed by atoms with Crippen molar-refractivity contribution in [3.63, 3.8) is 0 Å². The van der Waals surface area contributed by atoms with E-state index in [9.17, 15) is 19.5 Å². The second-order valence-corrected chi connectivity index (χ2v) is 12.1. The molecular weight excluding hydrogens is 498 g/mol. The number of thioether (sulfide) groups is 1. The molecule has 3 saturated heterocycles. The highest BCUT2D eigenvalue weighted by atomic mass is 32.2. The third-order valence-corrected chi connectivity index (χ3v) is 10.2. The number of carbonyl (C=O) groups excluding carboxylic acids is 3. The van der Waals surface area contributed by atoms with Crippen LogP contribution in [-0.4, -0.2) is 81.5 Å². The largest absolute Gasteiger partial charge is 0.396 e. The van der Waals surface area contributed by atoms with E-state index in [2.05, 4.69) is 20.1 Å². The van der Waals surface area contributed by atoms with Gasteiger partial charge in [0.15, 0.2) is 0 Å². The van der Waals surface area contributed by atoms with Crippen LogP contribution in [0.5, 0.6) is 0 Å². The van der Waals surface area contributed by atoms with Crippen LogP contribution in [0.2, 0.25) is 0 Å². The fraction of sp³-hybridized carbons (Fsp3) is 0.567. The van der Waals surface area contributed by atoms with Crippen molar-refractivity contribution in [2.75, 3.05) is 37.7 Å². The van der Waals surface area contributed by atoms with Gasteiger partial charge in [-0.1, -0.05) is 50.1 Å². The quantitative estimate of drug-likeness (QED) is 0.287. The first-order chi connectivity index (χ1) is 18.4. The number of likely N-dealkylation sites (tertiary alicyclic amines) is 1. The average Bonchev–Trinajstić information content (AvgIpc) is 3.57. The lowest BCUT2D eigenvalue weighted by Crippen LogP contribution is -2.55. The van der Waals surface area contributed by atoms with Crippen LogP contribution in [0.1, 0.15) is 45.4 Å². The Morgan fingerprint density at radius 3 is 2.53 bits per heavy atom. The lowest BCUT2D eigenvalue weighted by molar-refractivity contribution is -0.142. The minimum atomic E-state index is -0.634. The minimum Gasteiger partial charge on any atom is -0.396 e. The first-order valence-electron chi connectivity index (χ1n) is 13.9. The topological polar surface area (TPSA) is 81.2 Å². The Morgan fingerprint density at radius 2 is 1.87 bits per heavy atom. The second-order valence-electron chi connectivity index (χ2n) is 10.5. The lowest BCUT2D eigenvalue weighted by atomic mass is 9.70. The second kappa shape index (κ2) is 12.5. The van der Waals surface area contributed by atoms with Crippen molar-refractivity contribution >= 4 is 35.2 Å². The maximum absolute atomic E-state index is 14.2. The number of amides is 3. The highest BCUT2D eigenvalue weighted by Crippen LogP contribution is 2.66. The van der Waals surface area contributed by atoms with Crippen molar-refractivity contribution in [1.29, 1.82) is 0 Å². The Morgan fingerprint density at radius 1 is 1.13 bits per heavy atom. The molecule has 1 aromatic rings. The Balaban J connectivity index is 1.70. The summed E-state index contributed by atoms with van der Waals surface area (Å²) in [5, 5.41) is 9.58. The number of unbranched alkanes of at least 4 members (excludes halogenated alkanes) is 2. The van der Waals surface area contributed by atoms with Gasteiger partial charge >= 0.3 is 0 Å². The third kappa shape index (κ3) is 5.05. The summed E-state index contributed by atoms with van der Waals surface area (Å²) < 4.78 is -0.630. The highest BCUT2D eigenvalue weighted by molar-refractivity contribution is 8.02. The number of hydrogen-bond acceptors (Lipinski definition) is 5. The predicted octanol–water partition coefficient (Wildman–Crippen LogP) is 3.88. The summed E-state index contributed by atoms with van der Waals surface area (Å²) in [6, 6.07) is 8.87. The van der Waals surface area contributed by atoms with Crippen LogP contribution >= 0.6 is 11.8 Å². The van der Waals surface area contributed by atoms with Gasteiger partial charge in [0.2, 0.25) is 17.7 Å². The van der Waals surface area contributed by atoms with E-state index in [1.807, 2.05) is 35.2 Å². The van der Waals surface area contributed by atoms with Gasteiger partial charge in [0.1, 0.15) is 6.04 Å². The van der Waals surface area contributed by atoms with Crippen molar-refractivity contribution in [1.82, 2.24) is 9.80 Å². The van der Waals surface area contributed by atoms with E-state index in [4.69, 9.17) is 0 Å². The van der Waals surface area contributed by atoms with Gasteiger partial charge in [0.05, 0.1) is 16.6 Å². The van der Waals surface area contributed by atoms with Gasteiger partial charge in [-0.05, 0) is 37.8 Å². The van der Waals surface area contributed by atoms with E-state index in [1.165, 1.54) is 0 Å². The maximum Gasteiger partial charge on any atom is 0.247 e. The lowest BCUT2D eigenvalue weighted by Gasteiger charge is -2.37. The number of benzene rings is 1. The monoisotopic (exact) mass is 539 g/mol. The molecule has 3 heterocycles. The fourth-order valence-corrected chi connectivity index (χ4v) is 8.81. The van der Waals surface area contributed by atoms with Crippen molar-refractivity contribution in [3.8, 4) is 0 Å². The maximum atomic E-state index is 14.2. The number of hydrogen-bond donors (Lipinski definition) is 1. The van der Waals surface area contributed by atoms with Crippen molar-refractivity contribution in [2.45, 2.75) is 61.5 Å². The molecule has 1 spiro atoms. The molecule has 0 radical (unpaired) electrons. The van der Waals surface area contributed by atoms with Gasteiger partial charge in [-0.15, -0.1) is 24.9 Å². The van der Waals surface area contributed by atoms with E-state index < -0.39 is 22.6 Å². The zero-order valence-corrected chi connectivity index (χ0v) is 23.3. The summed E-state index contributed by atoms with van der Waals surface area (Å²) in [6.45, 7) is 11.5. The number of fused-ring (bicyclic) bond motifs is 1. The normalized spacial score (nSPS) is 27.3. The molecular formula is C30H41N3O4S. The molecule has 206 valence electrons. The average molecular weight is 540 g/mol. The van der Waals surface area contributed by atoms with E-state index in [0.29, 0.717) is 32.6 Å². The molecule has 0 aliphatic carbocycles. The molecule has 1 N–H and O–H groups in total. The number of nitrogens with zero attached hydrogens (tertiary/aromatic N) is 3. The molecule has 3 aliphatic heterocycles. The molecule has 3 aliphatic rings. The Hall–Kier alpha value is -2.58. The summed E-state index contributed by atoms with van der Waals surface area (Å²) >= 11 is 1.69. The SMILES string of the molecule is C=CCN(CCCCC)C(=O)C1N(CCCO)C(=O)[C@@H]2[C@@H](C(=O)N(CC=C)c3ccccc3)[C@H]3CCC12S3. The van der Waals surface area contributed by atoms with E-state index in [1.54, 1.807) is 33.7 Å². The molecule has 7 nitrogen and oxygen atoms in total. The molecule has 4 rings (SSSR count). The number of anilines is 1. The molecule has 38 heavy (non-hydrogen) atoms. The first kappa shape index (κ1) is 28.4. The molecule has 1 aromatic carbocycles. The Labute approximate surface area is 230 Å². The van der Waals surface area contributed by atoms with Gasteiger partial charge in [0, 0.05) is 43.7 Å². The molecule has 3 fully saturated rings. The third-order valence-electron chi connectivity index (χ3n) is 8.21. The summed E-state index contributed by atoms with van der Waals surface area (Å²) in [5.74, 6) is -1.30. The summed E-state index contributed by atoms with van der Waals surface area (Å²) in [6.07, 6.45) is 8.36. The van der Waals surface area contributed by atoms with E-state index >= 15 is 0 Å². The van der Waals surface area contributed by atoms with Crippen LogP contribution in [0.3, 0.4) is 0 Å². The highest BCUT2D eigenvalue weighted by Gasteiger charge is 2.74. The minimum absolute atomic E-state index is 0.00397. The molecule has 0 aromatic heterocycles. The standard InChI is InChI=1S/C30H41N3O4S/c1-4-7-11-19-31(17-5-2)29(37)26-30-16-15-23(38-30)24(25(30)28(36)33(26)20-12-21-34)27(35)32(18-6-3)22-13-9-8-10-14-22/h5-6,8-10,13-14,23-26,34H,2-4,7,11-12,15-21H2,1H3/t23-,24+,25+,26?,30?/m1/s1. The van der Waals surface area contributed by atoms with Gasteiger partial charge in [-0.3, -0.25) is 14.4 Å². The van der Waals surface area contributed by atoms with Crippen LogP contribution in [0.15, 0.2) is 55.6 Å². The van der Waals surface area contributed by atoms with Gasteiger partial charge < -0.3 is 19.8 Å². The van der Waals surface area contributed by atoms with Crippen molar-refractivity contribution in [2.24, 2.45) is 11.8 Å². The van der Waals surface area contributed by atoms with E-state index in [0.717, 1.165) is 37.8 Å². The van der Waals surface area contributed by atoms with Crippen LogP contribution in [0, 0.1) is 11.8 Å². The van der Waals surface area contributed by atoms with Crippen LogP contribution in [0.4, 0.5) is 5.69 Å². The van der Waals surface area contributed by atoms with Gasteiger partial charge in [-0.25, -0.2) is 0 Å². The van der Waals surface area contributed by atoms with Crippen molar-refractivity contribution in [3.05, 3.63) is 55.6 Å². The zero-order valence-electron chi connectivity index (χ0n) is 22.5. The molecule has 2 bridgehead atoms. The number of para-hydroxylation sites is 1. The van der Waals surface area contributed by atoms with E-state index in [-0.39, 0.29) is 29.6 Å². The molecule has 5 atom stereocenters. The molecule has 8 heteroatoms. The molecule has 3 amide bonds. The predicted molar refractivity (Wildman–Crippen MR) is 153 cm³/mol. The van der Waals surface area contributed by atoms with Crippen LogP contribution in [0.25, 0.3) is 0 Å². The Kier molecular flexibility index (Phi) is 9.36. The number of aliphatic hydroxyl groups excluding tert-OH is 1. The smallest absolute Gasteiger partial charge is 0.247 e. The van der Waals surface area contributed by atoms with Gasteiger partial charge in [0.25, 0.3) is 0 Å². The summed E-state index contributed by atoms with van der Waals surface area (Å²) in [5.41, 5.74) is 0.780. The fourth-order valence-electron chi connectivity index (χ4n) is 6.61. The van der Waals surface area contributed by atoms with Crippen LogP contribution < -0.4 is 4.90 Å². The summed E-state index contributed by atoms with van der Waals surface area (Å²) in [7, 11) is 0. The van der Waals surface area contributed by atoms with Crippen LogP contribution in [-0.2, 0) is 14.4 Å². The van der Waals surface area contributed by atoms with Crippen molar-refractivity contribution < 1.29 is 19.5 Å². The number of carbonyl (C=O) groups is 3. The number of rotatable bonds is 14. The summed E-state index contributed by atoms with van der Waals surface area (Å²) in [4.78, 5) is 47.7. The number of aliphatic hydroxyl groups is 1. The Bertz CT molecular complexity index is 1030. The zero-order chi connectivity index (χ0) is 27.3. The molecule has 2 unspecified atom stereocenters. The van der Waals surface area contributed by atoms with Gasteiger partial charge in [-0.2, -0.15) is 0 Å². The first-order valence-corrected chi connectivity index (χ1v) is 14.8. The molecule has 0 saturated carbocycles.